The molecule has 8 heteroatoms. The first-order chi connectivity index (χ1) is 30.1. The number of rotatable bonds is 40. The molecule has 0 amide bonds. The van der Waals surface area contributed by atoms with Gasteiger partial charge in [0.25, 0.3) is 0 Å². The van der Waals surface area contributed by atoms with Crippen LogP contribution in [0.5, 0.6) is 0 Å². The first-order valence-electron chi connectivity index (χ1n) is 23.6. The average Bonchev–Trinajstić information content (AvgIpc) is 3.23. The Kier molecular flexibility index (Phi) is 40.4. The van der Waals surface area contributed by atoms with Gasteiger partial charge in [0.2, 0.25) is 0 Å². The number of esters is 2. The van der Waals surface area contributed by atoms with Crippen LogP contribution < -0.4 is 5.11 Å². The van der Waals surface area contributed by atoms with Crippen molar-refractivity contribution in [1.29, 1.82) is 0 Å². The normalized spacial score (nSPS) is 14.0. The minimum absolute atomic E-state index is 0.00680. The van der Waals surface area contributed by atoms with Crippen molar-refractivity contribution in [3.8, 4) is 0 Å². The van der Waals surface area contributed by atoms with E-state index >= 15 is 0 Å². The fraction of sp³-hybridized carbons (Fsp3) is 0.574. The van der Waals surface area contributed by atoms with Gasteiger partial charge in [-0.1, -0.05) is 174 Å². The number of allylic oxidation sites excluding steroid dienone is 20. The number of carbonyl (C=O) groups is 3. The van der Waals surface area contributed by atoms with Gasteiger partial charge >= 0.3 is 11.9 Å². The lowest BCUT2D eigenvalue weighted by Crippen LogP contribution is -2.55. The molecule has 0 aromatic heterocycles. The Morgan fingerprint density at radius 2 is 0.968 bits per heavy atom. The lowest BCUT2D eigenvalue weighted by atomic mass is 10.1. The van der Waals surface area contributed by atoms with E-state index in [4.69, 9.17) is 14.2 Å². The molecule has 0 aliphatic heterocycles. The highest BCUT2D eigenvalue weighted by Crippen LogP contribution is 2.12. The molecule has 0 aliphatic rings. The molecule has 0 radical (unpaired) electrons. The lowest BCUT2D eigenvalue weighted by Gasteiger charge is -2.34. The van der Waals surface area contributed by atoms with Gasteiger partial charge < -0.3 is 28.6 Å². The molecule has 0 aromatic rings. The molecule has 0 aliphatic carbocycles. The third-order valence-electron chi connectivity index (χ3n) is 9.74. The Bertz CT molecular complexity index is 1420. The van der Waals surface area contributed by atoms with E-state index in [1.807, 2.05) is 60.8 Å². The summed E-state index contributed by atoms with van der Waals surface area (Å²) in [4.78, 5) is 36.9. The first-order valence-corrected chi connectivity index (χ1v) is 23.6. The lowest BCUT2D eigenvalue weighted by molar-refractivity contribution is -0.889. The van der Waals surface area contributed by atoms with Gasteiger partial charge in [-0.25, -0.2) is 0 Å². The van der Waals surface area contributed by atoms with Crippen molar-refractivity contribution in [2.24, 2.45) is 0 Å². The molecular weight excluding hydrogens is 775 g/mol. The Morgan fingerprint density at radius 3 is 1.50 bits per heavy atom. The molecule has 0 saturated heterocycles. The maximum absolute atomic E-state index is 12.7. The van der Waals surface area contributed by atoms with Crippen LogP contribution in [0.1, 0.15) is 149 Å². The quantitative estimate of drug-likeness (QED) is 0.0199. The van der Waals surface area contributed by atoms with Crippen molar-refractivity contribution < 1.29 is 38.2 Å². The largest absolute Gasteiger partial charge is 0.544 e. The molecule has 348 valence electrons. The van der Waals surface area contributed by atoms with Crippen molar-refractivity contribution in [3.63, 3.8) is 0 Å². The summed E-state index contributed by atoms with van der Waals surface area (Å²) in [6.07, 6.45) is 60.8. The Morgan fingerprint density at radius 1 is 0.516 bits per heavy atom. The molecule has 0 aromatic carbocycles. The van der Waals surface area contributed by atoms with Crippen LogP contribution in [0.25, 0.3) is 0 Å². The summed E-state index contributed by atoms with van der Waals surface area (Å²) in [5.74, 6) is -1.84. The number of quaternary nitrogens is 1. The van der Waals surface area contributed by atoms with Gasteiger partial charge in [-0.2, -0.15) is 0 Å². The summed E-state index contributed by atoms with van der Waals surface area (Å²) < 4.78 is 17.1. The number of hydrogen-bond donors (Lipinski definition) is 0. The van der Waals surface area contributed by atoms with E-state index in [-0.39, 0.29) is 49.1 Å². The second kappa shape index (κ2) is 43.4. The third-order valence-corrected chi connectivity index (χ3v) is 9.74. The number of aliphatic carboxylic acids is 1. The molecule has 0 fully saturated rings. The number of carboxylic acid groups (broad SMARTS) is 1. The molecule has 2 atom stereocenters. The molecule has 0 saturated carbocycles. The van der Waals surface area contributed by atoms with E-state index in [0.29, 0.717) is 12.8 Å². The van der Waals surface area contributed by atoms with Crippen molar-refractivity contribution in [2.75, 3.05) is 41.0 Å². The van der Waals surface area contributed by atoms with Crippen LogP contribution in [-0.2, 0) is 28.6 Å². The first kappa shape index (κ1) is 57.7. The fourth-order valence-electron chi connectivity index (χ4n) is 6.08. The maximum Gasteiger partial charge on any atom is 0.306 e. The monoisotopic (exact) mass is 860 g/mol. The molecule has 8 nitrogen and oxygen atoms in total. The molecule has 0 rings (SSSR count). The standard InChI is InChI=1S/C54H85NO7/c1-6-8-10-12-14-16-18-20-22-24-25-26-27-29-30-32-34-36-38-40-42-44-52(56)61-49-50(48-60-47-46-51(54(58)59)55(3,4)5)62-53(57)45-43-41-39-37-35-33-31-28-23-21-19-17-15-13-11-9-7-2/h9,11,13-17,19-23,25-26,28-31,33,35,50-51H,6-8,10,12,18,24,27,32,34,36-49H2,1-5H3/b11-9+,15-13+,16-14+,19-17+,22-20+,23-21+,26-25+,30-29+,31-28+,35-33+. The number of nitrogens with zero attached hydrogens (tertiary/aromatic N) is 1. The minimum atomic E-state index is -1.14. The molecule has 0 N–H and O–H groups in total. The highest BCUT2D eigenvalue weighted by molar-refractivity contribution is 5.70. The molecular formula is C54H85NO7. The summed E-state index contributed by atoms with van der Waals surface area (Å²) in [5, 5.41) is 11.6. The topological polar surface area (TPSA) is 102 Å². The van der Waals surface area contributed by atoms with Gasteiger partial charge in [0.15, 0.2) is 6.10 Å². The van der Waals surface area contributed by atoms with E-state index < -0.39 is 18.1 Å². The van der Waals surface area contributed by atoms with Crippen LogP contribution in [0, 0.1) is 0 Å². The minimum Gasteiger partial charge on any atom is -0.544 e. The summed E-state index contributed by atoms with van der Waals surface area (Å²) >= 11 is 0. The van der Waals surface area contributed by atoms with Gasteiger partial charge in [0, 0.05) is 19.3 Å². The number of ether oxygens (including phenoxy) is 3. The van der Waals surface area contributed by atoms with E-state index in [1.54, 1.807) is 21.1 Å². The van der Waals surface area contributed by atoms with Crippen molar-refractivity contribution in [2.45, 2.75) is 161 Å². The highest BCUT2D eigenvalue weighted by atomic mass is 16.6. The molecule has 62 heavy (non-hydrogen) atoms. The van der Waals surface area contributed by atoms with Crippen LogP contribution in [0.4, 0.5) is 0 Å². The number of likely N-dealkylation sites (N-methyl/N-ethyl adjacent to an activating group) is 1. The summed E-state index contributed by atoms with van der Waals surface area (Å²) in [7, 11) is 5.37. The van der Waals surface area contributed by atoms with Crippen LogP contribution in [0.3, 0.4) is 0 Å². The van der Waals surface area contributed by atoms with E-state index in [1.165, 1.54) is 25.7 Å². The van der Waals surface area contributed by atoms with Gasteiger partial charge in [-0.3, -0.25) is 9.59 Å². The van der Waals surface area contributed by atoms with E-state index in [0.717, 1.165) is 83.5 Å². The predicted octanol–water partition coefficient (Wildman–Crippen LogP) is 12.1. The molecule has 0 heterocycles. The molecule has 0 spiro atoms. The predicted molar refractivity (Wildman–Crippen MR) is 258 cm³/mol. The number of carboxylic acids is 1. The fourth-order valence-corrected chi connectivity index (χ4v) is 6.08. The molecule has 0 bridgehead atoms. The Balaban J connectivity index is 4.45. The summed E-state index contributed by atoms with van der Waals surface area (Å²) in [5.41, 5.74) is 0. The van der Waals surface area contributed by atoms with Gasteiger partial charge in [0.05, 0.1) is 40.3 Å². The van der Waals surface area contributed by atoms with E-state index in [2.05, 4.69) is 74.6 Å². The zero-order valence-corrected chi connectivity index (χ0v) is 39.5. The zero-order valence-electron chi connectivity index (χ0n) is 39.5. The van der Waals surface area contributed by atoms with Gasteiger partial charge in [-0.15, -0.1) is 0 Å². The van der Waals surface area contributed by atoms with E-state index in [9.17, 15) is 19.5 Å². The smallest absolute Gasteiger partial charge is 0.306 e. The number of carbonyl (C=O) groups excluding carboxylic acids is 3. The Hall–Kier alpha value is -4.27. The van der Waals surface area contributed by atoms with Crippen LogP contribution >= 0.6 is 0 Å². The van der Waals surface area contributed by atoms with Gasteiger partial charge in [-0.05, 0) is 77.0 Å². The SMILES string of the molecule is CC/C=C/C=C/C=C/C=C/C=C/C=C/CCCCCC(=O)OC(COCCC(C(=O)[O-])[N+](C)(C)C)COC(=O)CCCCCCC/C=C/C/C=C/C/C=C/C/C=C/CCCCC. The molecule has 2 unspecified atom stereocenters. The van der Waals surface area contributed by atoms with Crippen molar-refractivity contribution >= 4 is 17.9 Å². The van der Waals surface area contributed by atoms with Crippen molar-refractivity contribution in [3.05, 3.63) is 122 Å². The second-order valence-electron chi connectivity index (χ2n) is 16.4. The third kappa shape index (κ3) is 41.1. The average molecular weight is 860 g/mol. The number of hydrogen-bond acceptors (Lipinski definition) is 7. The van der Waals surface area contributed by atoms with Crippen LogP contribution in [0.15, 0.2) is 122 Å². The summed E-state index contributed by atoms with van der Waals surface area (Å²) in [6, 6.07) is -0.746. The second-order valence-corrected chi connectivity index (χ2v) is 16.4. The summed E-state index contributed by atoms with van der Waals surface area (Å²) in [6.45, 7) is 4.39. The maximum atomic E-state index is 12.7. The Labute approximate surface area is 378 Å². The van der Waals surface area contributed by atoms with Crippen LogP contribution in [0.2, 0.25) is 0 Å². The van der Waals surface area contributed by atoms with Crippen LogP contribution in [-0.4, -0.2) is 75.5 Å². The highest BCUT2D eigenvalue weighted by Gasteiger charge is 2.25. The zero-order chi connectivity index (χ0) is 45.6. The van der Waals surface area contributed by atoms with Gasteiger partial charge in [0.1, 0.15) is 12.6 Å². The number of unbranched alkanes of at least 4 members (excludes halogenated alkanes) is 11. The van der Waals surface area contributed by atoms with Crippen molar-refractivity contribution in [1.82, 2.24) is 0 Å².